The minimum Gasteiger partial charge on any atom is -0.397 e. The maximum absolute atomic E-state index is 13.2. The van der Waals surface area contributed by atoms with E-state index < -0.39 is 5.60 Å². The van der Waals surface area contributed by atoms with Crippen molar-refractivity contribution >= 4 is 28.7 Å². The number of nitrogens with zero attached hydrogens (tertiary/aromatic N) is 1. The smallest absolute Gasteiger partial charge is 0.257 e. The highest BCUT2D eigenvalue weighted by molar-refractivity contribution is 6.09. The van der Waals surface area contributed by atoms with Crippen LogP contribution in [0.1, 0.15) is 49.5 Å². The lowest BCUT2D eigenvalue weighted by Crippen LogP contribution is -2.34. The van der Waals surface area contributed by atoms with Gasteiger partial charge in [-0.3, -0.25) is 4.79 Å². The lowest BCUT2D eigenvalue weighted by atomic mass is 9.97. The van der Waals surface area contributed by atoms with Gasteiger partial charge in [-0.2, -0.15) is 0 Å². The first-order valence-corrected chi connectivity index (χ1v) is 10.6. The molecule has 0 aromatic heterocycles. The molecule has 0 radical (unpaired) electrons. The zero-order valence-corrected chi connectivity index (χ0v) is 18.5. The van der Waals surface area contributed by atoms with Crippen LogP contribution in [0.25, 0.3) is 0 Å². The molecule has 0 saturated carbocycles. The fourth-order valence-electron chi connectivity index (χ4n) is 3.60. The highest BCUT2D eigenvalue weighted by Gasteiger charge is 2.23. The van der Waals surface area contributed by atoms with E-state index in [1.165, 1.54) is 0 Å². The molecule has 1 heterocycles. The minimum atomic E-state index is -0.866. The Balaban J connectivity index is 1.92. The summed E-state index contributed by atoms with van der Waals surface area (Å²) >= 11 is 0. The summed E-state index contributed by atoms with van der Waals surface area (Å²) in [7, 11) is 0. The number of nitrogens with two attached hydrogens (primary N) is 1. The number of rotatable bonds is 6. The Bertz CT molecular complexity index is 879. The largest absolute Gasteiger partial charge is 0.397 e. The topological polar surface area (TPSA) is 90.6 Å². The third-order valence-corrected chi connectivity index (χ3v) is 5.56. The van der Waals surface area contributed by atoms with Crippen molar-refractivity contribution in [1.82, 2.24) is 0 Å². The van der Waals surface area contributed by atoms with Crippen LogP contribution < -0.4 is 21.3 Å². The number of hydrogen-bond acceptors (Lipinski definition) is 5. The van der Waals surface area contributed by atoms with E-state index >= 15 is 0 Å². The van der Waals surface area contributed by atoms with Crippen LogP contribution in [-0.4, -0.2) is 36.2 Å². The molecule has 1 fully saturated rings. The fourth-order valence-corrected chi connectivity index (χ4v) is 3.60. The Morgan fingerprint density at radius 3 is 2.43 bits per heavy atom. The van der Waals surface area contributed by atoms with Gasteiger partial charge in [-0.15, -0.1) is 0 Å². The van der Waals surface area contributed by atoms with Crippen molar-refractivity contribution in [3.63, 3.8) is 0 Å². The van der Waals surface area contributed by atoms with Gasteiger partial charge in [0.2, 0.25) is 0 Å². The number of aliphatic hydroxyl groups is 1. The number of piperidine rings is 1. The molecule has 1 saturated heterocycles. The minimum absolute atomic E-state index is 0.173. The Morgan fingerprint density at radius 1 is 1.20 bits per heavy atom. The maximum Gasteiger partial charge on any atom is 0.257 e. The fraction of sp³-hybridized carbons (Fsp3) is 0.458. The molecule has 6 heteroatoms. The summed E-state index contributed by atoms with van der Waals surface area (Å²) in [6.07, 6.45) is 2.19. The van der Waals surface area contributed by atoms with Crippen LogP contribution >= 0.6 is 0 Å². The summed E-state index contributed by atoms with van der Waals surface area (Å²) in [5.74, 6) is 0.515. The number of carbonyl (C=O) groups is 1. The highest BCUT2D eigenvalue weighted by atomic mass is 16.3. The Kier molecular flexibility index (Phi) is 6.56. The quantitative estimate of drug-likeness (QED) is 0.535. The maximum atomic E-state index is 13.2. The van der Waals surface area contributed by atoms with Gasteiger partial charge in [-0.1, -0.05) is 24.6 Å². The first-order valence-electron chi connectivity index (χ1n) is 10.6. The molecule has 1 aliphatic heterocycles. The molecule has 6 nitrogen and oxygen atoms in total. The highest BCUT2D eigenvalue weighted by Crippen LogP contribution is 2.33. The van der Waals surface area contributed by atoms with Crippen LogP contribution in [0.4, 0.5) is 22.7 Å². The van der Waals surface area contributed by atoms with E-state index in [4.69, 9.17) is 5.73 Å². The van der Waals surface area contributed by atoms with Gasteiger partial charge in [0.1, 0.15) is 0 Å². The van der Waals surface area contributed by atoms with Crippen LogP contribution in [0, 0.1) is 12.8 Å². The number of benzene rings is 2. The van der Waals surface area contributed by atoms with Gasteiger partial charge in [0.25, 0.3) is 5.91 Å². The van der Waals surface area contributed by atoms with Crippen LogP contribution in [0.5, 0.6) is 0 Å². The van der Waals surface area contributed by atoms with Gasteiger partial charge in [-0.05, 0) is 63.8 Å². The molecule has 1 amide bonds. The molecule has 0 aliphatic carbocycles. The van der Waals surface area contributed by atoms with E-state index in [-0.39, 0.29) is 5.91 Å². The monoisotopic (exact) mass is 410 g/mol. The first-order chi connectivity index (χ1) is 14.1. The van der Waals surface area contributed by atoms with Crippen molar-refractivity contribution in [2.45, 2.75) is 46.1 Å². The number of amides is 1. The van der Waals surface area contributed by atoms with Gasteiger partial charge in [0.15, 0.2) is 0 Å². The van der Waals surface area contributed by atoms with Gasteiger partial charge in [-0.25, -0.2) is 0 Å². The second kappa shape index (κ2) is 8.96. The van der Waals surface area contributed by atoms with E-state index in [2.05, 4.69) is 22.5 Å². The molecule has 2 aromatic carbocycles. The number of aryl methyl sites for hydroxylation is 1. The molecule has 0 atom stereocenters. The summed E-state index contributed by atoms with van der Waals surface area (Å²) in [6, 6.07) is 11.4. The number of nitrogen functional groups attached to an aromatic ring is 1. The van der Waals surface area contributed by atoms with Crippen molar-refractivity contribution < 1.29 is 9.90 Å². The lowest BCUT2D eigenvalue weighted by Gasteiger charge is -2.34. The second-order valence-corrected chi connectivity index (χ2v) is 9.11. The van der Waals surface area contributed by atoms with E-state index in [1.807, 2.05) is 37.3 Å². The standard InChI is InChI=1S/C24H34N4O2/c1-16-5-7-18(8-6-16)27-23(29)19-13-20(25)21(26-15-24(3,4)30)14-22(19)28-11-9-17(2)10-12-28/h5-8,13-14,17,26,30H,9-12,15,25H2,1-4H3,(H,27,29). The van der Waals surface area contributed by atoms with Crippen LogP contribution in [0.15, 0.2) is 36.4 Å². The van der Waals surface area contributed by atoms with Crippen LogP contribution in [0.2, 0.25) is 0 Å². The van der Waals surface area contributed by atoms with Crippen molar-refractivity contribution in [3.8, 4) is 0 Å². The molecule has 30 heavy (non-hydrogen) atoms. The Morgan fingerprint density at radius 2 is 1.83 bits per heavy atom. The van der Waals surface area contributed by atoms with E-state index in [9.17, 15) is 9.90 Å². The summed E-state index contributed by atoms with van der Waals surface area (Å²) in [6.45, 7) is 9.94. The van der Waals surface area contributed by atoms with Crippen molar-refractivity contribution in [1.29, 1.82) is 0 Å². The van der Waals surface area contributed by atoms with Gasteiger partial charge < -0.3 is 26.4 Å². The van der Waals surface area contributed by atoms with Gasteiger partial charge in [0, 0.05) is 25.3 Å². The molecule has 162 valence electrons. The van der Waals surface area contributed by atoms with Crippen molar-refractivity contribution in [2.75, 3.05) is 40.9 Å². The van der Waals surface area contributed by atoms with Crippen molar-refractivity contribution in [2.24, 2.45) is 5.92 Å². The van der Waals surface area contributed by atoms with Crippen LogP contribution in [-0.2, 0) is 0 Å². The summed E-state index contributed by atoms with van der Waals surface area (Å²) in [5, 5.41) is 16.3. The van der Waals surface area contributed by atoms with E-state index in [0.29, 0.717) is 23.7 Å². The Hall–Kier alpha value is -2.73. The van der Waals surface area contributed by atoms with Gasteiger partial charge >= 0.3 is 0 Å². The van der Waals surface area contributed by atoms with E-state index in [1.54, 1.807) is 19.9 Å². The third-order valence-electron chi connectivity index (χ3n) is 5.56. The lowest BCUT2D eigenvalue weighted by molar-refractivity contribution is 0.0944. The molecule has 0 unspecified atom stereocenters. The third kappa shape index (κ3) is 5.66. The predicted molar refractivity (Wildman–Crippen MR) is 125 cm³/mol. The summed E-state index contributed by atoms with van der Waals surface area (Å²) in [4.78, 5) is 15.4. The SMILES string of the molecule is Cc1ccc(NC(=O)c2cc(N)c(NCC(C)(C)O)cc2N2CCC(C)CC2)cc1. The normalized spacial score (nSPS) is 15.2. The molecule has 3 rings (SSSR count). The molecule has 0 bridgehead atoms. The summed E-state index contributed by atoms with van der Waals surface area (Å²) < 4.78 is 0. The second-order valence-electron chi connectivity index (χ2n) is 9.11. The average Bonchev–Trinajstić information content (AvgIpc) is 2.68. The number of hydrogen-bond donors (Lipinski definition) is 4. The average molecular weight is 411 g/mol. The molecule has 1 aliphatic rings. The molecule has 0 spiro atoms. The number of carbonyl (C=O) groups excluding carboxylic acids is 1. The predicted octanol–water partition coefficient (Wildman–Crippen LogP) is 4.25. The molecule has 2 aromatic rings. The zero-order valence-electron chi connectivity index (χ0n) is 18.5. The summed E-state index contributed by atoms with van der Waals surface area (Å²) in [5.41, 5.74) is 9.97. The zero-order chi connectivity index (χ0) is 21.9. The van der Waals surface area contributed by atoms with Crippen LogP contribution in [0.3, 0.4) is 0 Å². The number of anilines is 4. The molecular weight excluding hydrogens is 376 g/mol. The van der Waals surface area contributed by atoms with Crippen molar-refractivity contribution in [3.05, 3.63) is 47.5 Å². The first kappa shape index (κ1) is 22.0. The Labute approximate surface area is 179 Å². The number of nitrogens with one attached hydrogen (secondary N) is 2. The van der Waals surface area contributed by atoms with Gasteiger partial charge in [0.05, 0.1) is 28.2 Å². The molecule has 5 N–H and O–H groups in total. The molecular formula is C24H34N4O2. The van der Waals surface area contributed by atoms with E-state index in [0.717, 1.165) is 48.6 Å².